The van der Waals surface area contributed by atoms with E-state index in [2.05, 4.69) is 10.6 Å². The molecule has 0 aromatic heterocycles. The third-order valence-corrected chi connectivity index (χ3v) is 4.74. The minimum atomic E-state index is -4.09. The van der Waals surface area contributed by atoms with Gasteiger partial charge in [0.1, 0.15) is 0 Å². The number of fused-ring (bicyclic) bond motifs is 5. The predicted molar refractivity (Wildman–Crippen MR) is 58.5 cm³/mol. The van der Waals surface area contributed by atoms with Gasteiger partial charge in [0.05, 0.1) is 6.54 Å². The van der Waals surface area contributed by atoms with Gasteiger partial charge in [-0.15, -0.1) is 0 Å². The Morgan fingerprint density at radius 1 is 1.00 bits per heavy atom. The molecule has 5 heteroatoms. The van der Waals surface area contributed by atoms with E-state index in [1.807, 2.05) is 0 Å². The Kier molecular flexibility index (Phi) is 2.86. The first-order valence-corrected chi connectivity index (χ1v) is 6.57. The summed E-state index contributed by atoms with van der Waals surface area (Å²) in [5.74, 6) is 3.56. The topological polar surface area (TPSA) is 24.1 Å². The summed E-state index contributed by atoms with van der Waals surface area (Å²) in [5.41, 5.74) is 0. The van der Waals surface area contributed by atoms with Crippen molar-refractivity contribution in [2.75, 3.05) is 19.6 Å². The summed E-state index contributed by atoms with van der Waals surface area (Å²) in [6.45, 7) is 0.190. The summed E-state index contributed by atoms with van der Waals surface area (Å²) in [4.78, 5) is 0. The highest BCUT2D eigenvalue weighted by atomic mass is 19.4. The minimum Gasteiger partial charge on any atom is -0.312 e. The van der Waals surface area contributed by atoms with Gasteiger partial charge in [-0.05, 0) is 42.9 Å². The van der Waals surface area contributed by atoms with E-state index in [1.165, 1.54) is 19.3 Å². The van der Waals surface area contributed by atoms with Gasteiger partial charge in [-0.1, -0.05) is 0 Å². The van der Waals surface area contributed by atoms with Crippen molar-refractivity contribution in [3.05, 3.63) is 0 Å². The van der Waals surface area contributed by atoms with Crippen molar-refractivity contribution >= 4 is 0 Å². The van der Waals surface area contributed by atoms with Gasteiger partial charge in [-0.25, -0.2) is 0 Å². The lowest BCUT2D eigenvalue weighted by molar-refractivity contribution is -0.124. The molecule has 3 aliphatic carbocycles. The van der Waals surface area contributed by atoms with E-state index in [1.54, 1.807) is 0 Å². The number of alkyl halides is 3. The summed E-state index contributed by atoms with van der Waals surface area (Å²) in [7, 11) is 0. The van der Waals surface area contributed by atoms with E-state index in [0.717, 1.165) is 23.7 Å². The highest BCUT2D eigenvalue weighted by Gasteiger charge is 2.64. The van der Waals surface area contributed by atoms with E-state index in [4.69, 9.17) is 0 Å². The first-order valence-electron chi connectivity index (χ1n) is 6.57. The lowest BCUT2D eigenvalue weighted by atomic mass is 10.0. The zero-order valence-corrected chi connectivity index (χ0v) is 9.76. The Labute approximate surface area is 99.3 Å². The molecule has 4 unspecified atom stereocenters. The van der Waals surface area contributed by atoms with Crippen LogP contribution in [-0.4, -0.2) is 31.9 Å². The smallest absolute Gasteiger partial charge is 0.312 e. The molecular formula is C12H19F3N2. The molecule has 3 aliphatic rings. The number of nitrogens with one attached hydrogen (secondary N) is 2. The molecule has 0 aliphatic heterocycles. The van der Waals surface area contributed by atoms with Crippen LogP contribution in [-0.2, 0) is 0 Å². The molecule has 0 aromatic carbocycles. The van der Waals surface area contributed by atoms with Crippen LogP contribution in [0.5, 0.6) is 0 Å². The monoisotopic (exact) mass is 248 g/mol. The molecule has 4 atom stereocenters. The van der Waals surface area contributed by atoms with Crippen LogP contribution in [0, 0.1) is 23.7 Å². The fraction of sp³-hybridized carbons (Fsp3) is 1.00. The van der Waals surface area contributed by atoms with Gasteiger partial charge < -0.3 is 10.6 Å². The molecule has 3 saturated carbocycles. The van der Waals surface area contributed by atoms with Crippen molar-refractivity contribution in [3.63, 3.8) is 0 Å². The predicted octanol–water partition coefficient (Wildman–Crippen LogP) is 1.77. The summed E-state index contributed by atoms with van der Waals surface area (Å²) >= 11 is 0. The van der Waals surface area contributed by atoms with E-state index in [-0.39, 0.29) is 0 Å². The molecule has 0 radical (unpaired) electrons. The zero-order chi connectivity index (χ0) is 12.0. The van der Waals surface area contributed by atoms with Crippen molar-refractivity contribution in [2.45, 2.75) is 31.5 Å². The Balaban J connectivity index is 1.30. The molecular weight excluding hydrogens is 229 g/mol. The molecule has 2 N–H and O–H groups in total. The van der Waals surface area contributed by atoms with Crippen LogP contribution in [0.3, 0.4) is 0 Å². The van der Waals surface area contributed by atoms with Crippen LogP contribution >= 0.6 is 0 Å². The van der Waals surface area contributed by atoms with E-state index >= 15 is 0 Å². The third-order valence-electron chi connectivity index (χ3n) is 4.74. The van der Waals surface area contributed by atoms with Gasteiger partial charge in [0.15, 0.2) is 0 Å². The molecule has 2 bridgehead atoms. The van der Waals surface area contributed by atoms with E-state index in [0.29, 0.717) is 19.1 Å². The summed E-state index contributed by atoms with van der Waals surface area (Å²) in [5, 5.41) is 5.84. The number of hydrogen-bond donors (Lipinski definition) is 2. The summed E-state index contributed by atoms with van der Waals surface area (Å²) in [6.07, 6.45) is 0.0989. The lowest BCUT2D eigenvalue weighted by Gasteiger charge is -2.11. The van der Waals surface area contributed by atoms with E-state index in [9.17, 15) is 13.2 Å². The van der Waals surface area contributed by atoms with Crippen molar-refractivity contribution in [2.24, 2.45) is 23.7 Å². The Bertz CT molecular complexity index is 276. The molecule has 3 fully saturated rings. The van der Waals surface area contributed by atoms with Gasteiger partial charge in [-0.3, -0.25) is 0 Å². The molecule has 0 saturated heterocycles. The average Bonchev–Trinajstić information content (AvgIpc) is 2.66. The minimum absolute atomic E-state index is 0.408. The molecule has 0 spiro atoms. The Morgan fingerprint density at radius 3 is 2.24 bits per heavy atom. The SMILES string of the molecule is FC(F)(F)CNCCNC1C2C3CCC(C3)C12. The first-order chi connectivity index (χ1) is 8.06. The van der Waals surface area contributed by atoms with E-state index < -0.39 is 12.7 Å². The van der Waals surface area contributed by atoms with Gasteiger partial charge in [0.2, 0.25) is 0 Å². The maximum atomic E-state index is 11.9. The normalized spacial score (nSPS) is 42.9. The quantitative estimate of drug-likeness (QED) is 0.725. The van der Waals surface area contributed by atoms with Crippen molar-refractivity contribution in [3.8, 4) is 0 Å². The van der Waals surface area contributed by atoms with Crippen LogP contribution in [0.15, 0.2) is 0 Å². The van der Waals surface area contributed by atoms with Gasteiger partial charge in [-0.2, -0.15) is 13.2 Å². The molecule has 0 heterocycles. The Morgan fingerprint density at radius 2 is 1.65 bits per heavy atom. The Hall–Kier alpha value is -0.290. The van der Waals surface area contributed by atoms with Crippen molar-refractivity contribution in [1.82, 2.24) is 10.6 Å². The molecule has 0 amide bonds. The first kappa shape index (κ1) is 11.8. The standard InChI is InChI=1S/C12H19F3N2/c13-12(14,15)6-16-3-4-17-11-9-7-1-2-8(5-7)10(9)11/h7-11,16-17H,1-6H2. The average molecular weight is 248 g/mol. The maximum absolute atomic E-state index is 11.9. The van der Waals surface area contributed by atoms with Gasteiger partial charge >= 0.3 is 6.18 Å². The second-order valence-corrected chi connectivity index (χ2v) is 5.76. The fourth-order valence-electron chi connectivity index (χ4n) is 4.16. The third kappa shape index (κ3) is 2.32. The van der Waals surface area contributed by atoms with Crippen LogP contribution < -0.4 is 10.6 Å². The van der Waals surface area contributed by atoms with Crippen molar-refractivity contribution in [1.29, 1.82) is 0 Å². The highest BCUT2D eigenvalue weighted by Crippen LogP contribution is 2.65. The lowest BCUT2D eigenvalue weighted by Crippen LogP contribution is -2.35. The zero-order valence-electron chi connectivity index (χ0n) is 9.76. The molecule has 0 aromatic rings. The van der Waals surface area contributed by atoms with Crippen molar-refractivity contribution < 1.29 is 13.2 Å². The van der Waals surface area contributed by atoms with Gasteiger partial charge in [0, 0.05) is 19.1 Å². The second kappa shape index (κ2) is 4.12. The number of hydrogen-bond acceptors (Lipinski definition) is 2. The van der Waals surface area contributed by atoms with Gasteiger partial charge in [0.25, 0.3) is 0 Å². The van der Waals surface area contributed by atoms with Crippen LogP contribution in [0.4, 0.5) is 13.2 Å². The van der Waals surface area contributed by atoms with Crippen LogP contribution in [0.1, 0.15) is 19.3 Å². The largest absolute Gasteiger partial charge is 0.401 e. The summed E-state index contributed by atoms with van der Waals surface area (Å²) in [6, 6.07) is 0.619. The number of halogens is 3. The maximum Gasteiger partial charge on any atom is 0.401 e. The van der Waals surface area contributed by atoms with Crippen LogP contribution in [0.25, 0.3) is 0 Å². The fourth-order valence-corrected chi connectivity index (χ4v) is 4.16. The molecule has 17 heavy (non-hydrogen) atoms. The van der Waals surface area contributed by atoms with Crippen LogP contribution in [0.2, 0.25) is 0 Å². The highest BCUT2D eigenvalue weighted by molar-refractivity contribution is 5.16. The molecule has 2 nitrogen and oxygen atoms in total. The second-order valence-electron chi connectivity index (χ2n) is 5.76. The molecule has 3 rings (SSSR count). The molecule has 98 valence electrons. The summed E-state index contributed by atoms with van der Waals surface area (Å²) < 4.78 is 35.6. The number of rotatable bonds is 5.